The zero-order valence-electron chi connectivity index (χ0n) is 9.38. The molecule has 16 heavy (non-hydrogen) atoms. The van der Waals surface area contributed by atoms with Crippen LogP contribution in [0, 0.1) is 0 Å². The van der Waals surface area contributed by atoms with Crippen molar-refractivity contribution in [1.82, 2.24) is 0 Å². The molecule has 1 aromatic carbocycles. The van der Waals surface area contributed by atoms with Crippen LogP contribution in [0.25, 0.3) is 0 Å². The molecule has 0 amide bonds. The van der Waals surface area contributed by atoms with Gasteiger partial charge in [-0.25, -0.2) is 0 Å². The molecule has 0 fully saturated rings. The molecule has 86 valence electrons. The van der Waals surface area contributed by atoms with Crippen LogP contribution in [0.15, 0.2) is 16.6 Å². The molecule has 0 saturated carbocycles. The van der Waals surface area contributed by atoms with Crippen LogP contribution in [0.3, 0.4) is 0 Å². The van der Waals surface area contributed by atoms with Gasteiger partial charge < -0.3 is 4.74 Å². The summed E-state index contributed by atoms with van der Waals surface area (Å²) in [7, 11) is 1.62. The molecule has 0 radical (unpaired) electrons. The number of carbonyl (C=O) groups excluding carboxylic acids is 1. The minimum atomic E-state index is 0.221. The van der Waals surface area contributed by atoms with Crippen molar-refractivity contribution >= 4 is 21.7 Å². The van der Waals surface area contributed by atoms with Crippen LogP contribution in [-0.4, -0.2) is 12.9 Å². The summed E-state index contributed by atoms with van der Waals surface area (Å²) >= 11 is 3.46. The molecule has 2 nitrogen and oxygen atoms in total. The maximum atomic E-state index is 12.1. The van der Waals surface area contributed by atoms with Crippen molar-refractivity contribution in [2.75, 3.05) is 7.11 Å². The van der Waals surface area contributed by atoms with Gasteiger partial charge in [0, 0.05) is 10.9 Å². The van der Waals surface area contributed by atoms with Gasteiger partial charge in [-0.3, -0.25) is 4.79 Å². The van der Waals surface area contributed by atoms with Crippen molar-refractivity contribution in [2.24, 2.45) is 0 Å². The Bertz CT molecular complexity index is 413. The molecule has 0 aliphatic heterocycles. The van der Waals surface area contributed by atoms with Gasteiger partial charge in [0.25, 0.3) is 0 Å². The van der Waals surface area contributed by atoms with Crippen LogP contribution in [-0.2, 0) is 6.42 Å². The monoisotopic (exact) mass is 282 g/mol. The molecular weight excluding hydrogens is 268 g/mol. The second-order valence-electron chi connectivity index (χ2n) is 4.13. The topological polar surface area (TPSA) is 26.3 Å². The SMILES string of the molecule is COc1cc(Br)cc2c1C(=O)CCCCC2. The second kappa shape index (κ2) is 5.00. The number of Topliss-reactive ketones (excluding diaryl/α,β-unsaturated/α-hetero) is 1. The molecule has 0 unspecified atom stereocenters. The molecule has 0 heterocycles. The zero-order valence-corrected chi connectivity index (χ0v) is 11.0. The van der Waals surface area contributed by atoms with Gasteiger partial charge in [-0.2, -0.15) is 0 Å². The fourth-order valence-electron chi connectivity index (χ4n) is 2.21. The number of rotatable bonds is 1. The predicted molar refractivity (Wildman–Crippen MR) is 67.2 cm³/mol. The summed E-state index contributed by atoms with van der Waals surface area (Å²) in [5.74, 6) is 0.926. The van der Waals surface area contributed by atoms with E-state index >= 15 is 0 Å². The minimum absolute atomic E-state index is 0.221. The highest BCUT2D eigenvalue weighted by Gasteiger charge is 2.19. The molecule has 0 spiro atoms. The summed E-state index contributed by atoms with van der Waals surface area (Å²) in [5.41, 5.74) is 1.92. The van der Waals surface area contributed by atoms with E-state index in [4.69, 9.17) is 4.74 Å². The molecule has 3 heteroatoms. The predicted octanol–water partition coefficient (Wildman–Crippen LogP) is 3.76. The van der Waals surface area contributed by atoms with Crippen molar-refractivity contribution in [3.63, 3.8) is 0 Å². The number of halogens is 1. The van der Waals surface area contributed by atoms with Crippen LogP contribution in [0.4, 0.5) is 0 Å². The molecule has 0 atom stereocenters. The summed E-state index contributed by atoms with van der Waals surface area (Å²) in [6.45, 7) is 0. The number of hydrogen-bond acceptors (Lipinski definition) is 2. The first-order chi connectivity index (χ1) is 7.72. The first kappa shape index (κ1) is 11.6. The lowest BCUT2D eigenvalue weighted by Gasteiger charge is -2.16. The van der Waals surface area contributed by atoms with Crippen LogP contribution in [0.1, 0.15) is 41.6 Å². The van der Waals surface area contributed by atoms with Gasteiger partial charge in [0.05, 0.1) is 12.7 Å². The van der Waals surface area contributed by atoms with E-state index in [1.54, 1.807) is 7.11 Å². The third kappa shape index (κ3) is 2.29. The Labute approximate surface area is 104 Å². The highest BCUT2D eigenvalue weighted by molar-refractivity contribution is 9.10. The highest BCUT2D eigenvalue weighted by Crippen LogP contribution is 2.31. The molecule has 1 aromatic rings. The molecule has 0 bridgehead atoms. The van der Waals surface area contributed by atoms with Gasteiger partial charge in [0.15, 0.2) is 5.78 Å². The second-order valence-corrected chi connectivity index (χ2v) is 5.04. The van der Waals surface area contributed by atoms with Crippen LogP contribution in [0.5, 0.6) is 5.75 Å². The Hall–Kier alpha value is -0.830. The summed E-state index contributed by atoms with van der Waals surface area (Å²) in [6, 6.07) is 3.92. The Morgan fingerprint density at radius 1 is 1.19 bits per heavy atom. The zero-order chi connectivity index (χ0) is 11.5. The quantitative estimate of drug-likeness (QED) is 0.784. The van der Waals surface area contributed by atoms with E-state index in [2.05, 4.69) is 15.9 Å². The fraction of sp³-hybridized carbons (Fsp3) is 0.462. The van der Waals surface area contributed by atoms with Gasteiger partial charge in [0.1, 0.15) is 5.75 Å². The third-order valence-electron chi connectivity index (χ3n) is 3.00. The maximum absolute atomic E-state index is 12.1. The van der Waals surface area contributed by atoms with E-state index < -0.39 is 0 Å². The first-order valence-corrected chi connectivity index (χ1v) is 6.41. The van der Waals surface area contributed by atoms with Gasteiger partial charge in [-0.15, -0.1) is 0 Å². The average molecular weight is 283 g/mol. The molecule has 0 saturated heterocycles. The molecule has 1 aliphatic carbocycles. The number of ether oxygens (including phenoxy) is 1. The summed E-state index contributed by atoms with van der Waals surface area (Å²) in [6.07, 6.45) is 4.90. The molecule has 1 aliphatic rings. The van der Waals surface area contributed by atoms with E-state index in [0.717, 1.165) is 41.3 Å². The summed E-state index contributed by atoms with van der Waals surface area (Å²) < 4.78 is 6.29. The van der Waals surface area contributed by atoms with Gasteiger partial charge in [-0.1, -0.05) is 22.4 Å². The van der Waals surface area contributed by atoms with Gasteiger partial charge in [0.2, 0.25) is 0 Å². The van der Waals surface area contributed by atoms with E-state index in [9.17, 15) is 4.79 Å². The lowest BCUT2D eigenvalue weighted by Crippen LogP contribution is -2.09. The van der Waals surface area contributed by atoms with E-state index in [1.807, 2.05) is 12.1 Å². The molecule has 2 rings (SSSR count). The largest absolute Gasteiger partial charge is 0.496 e. The van der Waals surface area contributed by atoms with Crippen molar-refractivity contribution in [3.8, 4) is 5.75 Å². The van der Waals surface area contributed by atoms with E-state index in [-0.39, 0.29) is 5.78 Å². The standard InChI is InChI=1S/C13H15BrO2/c1-16-12-8-10(14)7-9-5-3-2-4-6-11(15)13(9)12/h7-8H,2-6H2,1H3. The van der Waals surface area contributed by atoms with Crippen LogP contribution >= 0.6 is 15.9 Å². The summed E-state index contributed by atoms with van der Waals surface area (Å²) in [4.78, 5) is 12.1. The lowest BCUT2D eigenvalue weighted by atomic mass is 9.92. The van der Waals surface area contributed by atoms with Crippen LogP contribution < -0.4 is 4.74 Å². The Balaban J connectivity index is 2.53. The van der Waals surface area contributed by atoms with Crippen molar-refractivity contribution in [2.45, 2.75) is 32.1 Å². The Kier molecular flexibility index (Phi) is 3.64. The van der Waals surface area contributed by atoms with Crippen molar-refractivity contribution < 1.29 is 9.53 Å². The highest BCUT2D eigenvalue weighted by atomic mass is 79.9. The number of carbonyl (C=O) groups is 1. The number of benzene rings is 1. The lowest BCUT2D eigenvalue weighted by molar-refractivity contribution is 0.0973. The number of methoxy groups -OCH3 is 1. The van der Waals surface area contributed by atoms with Gasteiger partial charge >= 0.3 is 0 Å². The van der Waals surface area contributed by atoms with Gasteiger partial charge in [-0.05, 0) is 37.0 Å². The maximum Gasteiger partial charge on any atom is 0.166 e. The Morgan fingerprint density at radius 2 is 1.94 bits per heavy atom. The number of fused-ring (bicyclic) bond motifs is 1. The van der Waals surface area contributed by atoms with Crippen LogP contribution in [0.2, 0.25) is 0 Å². The number of ketones is 1. The Morgan fingerprint density at radius 3 is 2.69 bits per heavy atom. The van der Waals surface area contributed by atoms with E-state index in [1.165, 1.54) is 0 Å². The normalized spacial score (nSPS) is 16.2. The first-order valence-electron chi connectivity index (χ1n) is 5.62. The van der Waals surface area contributed by atoms with Crippen molar-refractivity contribution in [1.29, 1.82) is 0 Å². The smallest absolute Gasteiger partial charge is 0.166 e. The third-order valence-corrected chi connectivity index (χ3v) is 3.46. The molecule has 0 N–H and O–H groups in total. The number of aryl methyl sites for hydroxylation is 1. The molecular formula is C13H15BrO2. The van der Waals surface area contributed by atoms with E-state index in [0.29, 0.717) is 12.2 Å². The number of hydrogen-bond donors (Lipinski definition) is 0. The molecule has 0 aromatic heterocycles. The summed E-state index contributed by atoms with van der Waals surface area (Å²) in [5, 5.41) is 0. The minimum Gasteiger partial charge on any atom is -0.496 e. The van der Waals surface area contributed by atoms with Crippen molar-refractivity contribution in [3.05, 3.63) is 27.7 Å². The fourth-order valence-corrected chi connectivity index (χ4v) is 2.70. The average Bonchev–Trinajstić information content (AvgIpc) is 2.24.